The lowest BCUT2D eigenvalue weighted by Gasteiger charge is -2.17. The maximum Gasteiger partial charge on any atom is 0.306 e. The molecule has 0 saturated heterocycles. The summed E-state index contributed by atoms with van der Waals surface area (Å²) < 4.78 is 23.0. The Labute approximate surface area is 270 Å². The average molecular weight is 668 g/mol. The molecule has 2 aromatic rings. The van der Waals surface area contributed by atoms with Gasteiger partial charge in [-0.1, -0.05) is 37.0 Å². The van der Waals surface area contributed by atoms with Gasteiger partial charge in [0.2, 0.25) is 11.8 Å². The minimum absolute atomic E-state index is 0.107. The zero-order chi connectivity index (χ0) is 33.0. The number of rotatable bonds is 14. The van der Waals surface area contributed by atoms with Gasteiger partial charge in [0.25, 0.3) is 0 Å². The molecule has 2 aliphatic heterocycles. The number of benzene rings is 2. The van der Waals surface area contributed by atoms with Crippen molar-refractivity contribution in [2.24, 2.45) is 11.8 Å². The number of carbonyl (C=O) groups is 4. The molecular formula is C31H36Cl2N2O10. The molecule has 14 heteroatoms. The van der Waals surface area contributed by atoms with E-state index in [-0.39, 0.29) is 57.5 Å². The third kappa shape index (κ3) is 7.50. The largest absolute Gasteiger partial charge is 0.493 e. The van der Waals surface area contributed by atoms with Crippen molar-refractivity contribution in [2.75, 3.05) is 27.4 Å². The predicted octanol–water partition coefficient (Wildman–Crippen LogP) is 4.76. The Kier molecular flexibility index (Phi) is 10.9. The van der Waals surface area contributed by atoms with Gasteiger partial charge >= 0.3 is 11.9 Å². The second-order valence-corrected chi connectivity index (χ2v) is 11.9. The van der Waals surface area contributed by atoms with Crippen molar-refractivity contribution in [3.63, 3.8) is 0 Å². The number of halogens is 2. The fraction of sp³-hybridized carbons (Fsp3) is 0.484. The molecule has 4 rings (SSSR count). The second-order valence-electron chi connectivity index (χ2n) is 11.2. The number of hydrogen-bond acceptors (Lipinski definition) is 8. The van der Waals surface area contributed by atoms with E-state index in [9.17, 15) is 19.2 Å². The van der Waals surface area contributed by atoms with E-state index in [0.29, 0.717) is 46.0 Å². The van der Waals surface area contributed by atoms with Crippen molar-refractivity contribution in [1.29, 1.82) is 0 Å². The molecule has 2 amide bonds. The summed E-state index contributed by atoms with van der Waals surface area (Å²) in [4.78, 5) is 50.8. The normalized spacial score (nSPS) is 14.8. The molecule has 2 aromatic carbocycles. The number of hydrogen-bond donors (Lipinski definition) is 2. The summed E-state index contributed by atoms with van der Waals surface area (Å²) in [6.45, 7) is 4.51. The van der Waals surface area contributed by atoms with Gasteiger partial charge in [-0.3, -0.25) is 19.2 Å². The van der Waals surface area contributed by atoms with Gasteiger partial charge in [0.15, 0.2) is 23.0 Å². The van der Waals surface area contributed by atoms with Crippen molar-refractivity contribution in [3.05, 3.63) is 44.4 Å². The zero-order valence-corrected chi connectivity index (χ0v) is 27.0. The fourth-order valence-corrected chi connectivity index (χ4v) is 5.91. The zero-order valence-electron chi connectivity index (χ0n) is 25.5. The highest BCUT2D eigenvalue weighted by atomic mass is 35.5. The van der Waals surface area contributed by atoms with Crippen molar-refractivity contribution in [1.82, 2.24) is 9.80 Å². The Morgan fingerprint density at radius 3 is 1.67 bits per heavy atom. The summed E-state index contributed by atoms with van der Waals surface area (Å²) in [6, 6.07) is 3.55. The van der Waals surface area contributed by atoms with Gasteiger partial charge in [0.1, 0.15) is 0 Å². The Hall–Kier alpha value is -3.90. The van der Waals surface area contributed by atoms with Crippen LogP contribution in [-0.2, 0) is 45.4 Å². The molecule has 0 unspecified atom stereocenters. The summed E-state index contributed by atoms with van der Waals surface area (Å²) in [5, 5.41) is 19.0. The first kappa shape index (κ1) is 34.0. The number of ether oxygens (including phenoxy) is 4. The van der Waals surface area contributed by atoms with Crippen LogP contribution in [0.25, 0.3) is 0 Å². The molecule has 12 nitrogen and oxygen atoms in total. The lowest BCUT2D eigenvalue weighted by Crippen LogP contribution is -2.28. The van der Waals surface area contributed by atoms with E-state index in [0.717, 1.165) is 22.3 Å². The van der Waals surface area contributed by atoms with Crippen LogP contribution < -0.4 is 18.9 Å². The topological polar surface area (TPSA) is 152 Å². The lowest BCUT2D eigenvalue weighted by atomic mass is 10.1. The number of carboxylic acid groups (broad SMARTS) is 2. The van der Waals surface area contributed by atoms with Crippen molar-refractivity contribution >= 4 is 47.0 Å². The number of carbonyl (C=O) groups excluding carboxylic acids is 2. The minimum atomic E-state index is -1.03. The first-order valence-electron chi connectivity index (χ1n) is 14.4. The summed E-state index contributed by atoms with van der Waals surface area (Å²) in [7, 11) is 2.96. The van der Waals surface area contributed by atoms with Gasteiger partial charge in [-0.15, -0.1) is 0 Å². The molecule has 2 aliphatic rings. The van der Waals surface area contributed by atoms with Crippen LogP contribution in [0.5, 0.6) is 23.0 Å². The Balaban J connectivity index is 1.36. The first-order chi connectivity index (χ1) is 21.4. The van der Waals surface area contributed by atoms with Crippen LogP contribution in [-0.4, -0.2) is 71.2 Å². The van der Waals surface area contributed by atoms with Crippen LogP contribution in [0.2, 0.25) is 10.0 Å². The number of aliphatic carboxylic acids is 2. The maximum atomic E-state index is 12.7. The van der Waals surface area contributed by atoms with E-state index in [2.05, 4.69) is 0 Å². The van der Waals surface area contributed by atoms with E-state index >= 15 is 0 Å². The van der Waals surface area contributed by atoms with E-state index in [1.807, 2.05) is 0 Å². The molecule has 2 heterocycles. The molecular weight excluding hydrogens is 631 g/mol. The molecule has 0 aliphatic carbocycles. The average Bonchev–Trinajstić information content (AvgIpc) is 3.63. The Morgan fingerprint density at radius 2 is 1.20 bits per heavy atom. The van der Waals surface area contributed by atoms with E-state index < -0.39 is 23.8 Å². The maximum absolute atomic E-state index is 12.7. The molecule has 0 radical (unpaired) electrons. The van der Waals surface area contributed by atoms with Gasteiger partial charge in [0.05, 0.1) is 49.3 Å². The summed E-state index contributed by atoms with van der Waals surface area (Å²) in [5.74, 6) is -2.69. The molecule has 0 spiro atoms. The van der Waals surface area contributed by atoms with Gasteiger partial charge in [-0.05, 0) is 34.4 Å². The highest BCUT2D eigenvalue weighted by Gasteiger charge is 2.32. The fourth-order valence-electron chi connectivity index (χ4n) is 5.23. The molecule has 244 valence electrons. The minimum Gasteiger partial charge on any atom is -0.493 e. The number of fused-ring (bicyclic) bond motifs is 2. The Bertz CT molecular complexity index is 1500. The summed E-state index contributed by atoms with van der Waals surface area (Å²) in [5.41, 5.74) is 3.06. The SMILES string of the molecule is COc1cc2c(c(Cl)c1OCCCOc1cc3c(c(Cl)c1OC)CN(C(=O)C[C@H](C)C(=O)O)C3)CN(C(=O)C[C@H](C)C(=O)O)C2. The van der Waals surface area contributed by atoms with E-state index in [1.54, 1.807) is 21.9 Å². The number of carboxylic acids is 2. The number of amides is 2. The molecule has 0 aromatic heterocycles. The molecule has 45 heavy (non-hydrogen) atoms. The van der Waals surface area contributed by atoms with Crippen molar-refractivity contribution in [2.45, 2.75) is 59.3 Å². The predicted molar refractivity (Wildman–Crippen MR) is 163 cm³/mol. The van der Waals surface area contributed by atoms with Crippen LogP contribution in [0, 0.1) is 11.8 Å². The summed E-state index contributed by atoms with van der Waals surface area (Å²) in [6.07, 6.45) is 0.233. The van der Waals surface area contributed by atoms with Crippen LogP contribution in [0.4, 0.5) is 0 Å². The third-order valence-corrected chi connectivity index (χ3v) is 8.71. The lowest BCUT2D eigenvalue weighted by molar-refractivity contribution is -0.145. The van der Waals surface area contributed by atoms with E-state index in [1.165, 1.54) is 28.1 Å². The molecule has 2 N–H and O–H groups in total. The van der Waals surface area contributed by atoms with Crippen LogP contribution >= 0.6 is 23.2 Å². The van der Waals surface area contributed by atoms with Gasteiger partial charge in [0, 0.05) is 45.4 Å². The standard InChI is InChI=1S/C31H36Cl2N2O10/c1-16(30(38)39)8-24(36)34-12-18-10-22(42-3)29(27(33)21(18)15-34)45-7-5-6-44-23-11-19-13-35(25(37)9-17(2)31(40)41)14-20(19)26(32)28(23)43-4/h10-11,16-17H,5-9,12-15H2,1-4H3,(H,38,39)(H,40,41)/t16-,17-/m0/s1. The highest BCUT2D eigenvalue weighted by molar-refractivity contribution is 6.33. The third-order valence-electron chi connectivity index (χ3n) is 7.91. The van der Waals surface area contributed by atoms with Crippen LogP contribution in [0.15, 0.2) is 12.1 Å². The van der Waals surface area contributed by atoms with Crippen molar-refractivity contribution < 1.29 is 48.3 Å². The van der Waals surface area contributed by atoms with Crippen LogP contribution in [0.1, 0.15) is 55.4 Å². The van der Waals surface area contributed by atoms with Gasteiger partial charge < -0.3 is 39.0 Å². The van der Waals surface area contributed by atoms with Crippen molar-refractivity contribution in [3.8, 4) is 23.0 Å². The number of nitrogens with zero attached hydrogens (tertiary/aromatic N) is 2. The van der Waals surface area contributed by atoms with E-state index in [4.69, 9.17) is 52.4 Å². The number of methoxy groups -OCH3 is 2. The van der Waals surface area contributed by atoms with Gasteiger partial charge in [-0.2, -0.15) is 0 Å². The Morgan fingerprint density at radius 1 is 0.733 bits per heavy atom. The highest BCUT2D eigenvalue weighted by Crippen LogP contribution is 2.45. The monoisotopic (exact) mass is 666 g/mol. The molecule has 0 fully saturated rings. The quantitative estimate of drug-likeness (QED) is 0.270. The smallest absolute Gasteiger partial charge is 0.306 e. The summed E-state index contributed by atoms with van der Waals surface area (Å²) >= 11 is 13.3. The molecule has 0 saturated carbocycles. The van der Waals surface area contributed by atoms with Gasteiger partial charge in [-0.25, -0.2) is 0 Å². The molecule has 2 atom stereocenters. The molecule has 0 bridgehead atoms. The van der Waals surface area contributed by atoms with Crippen LogP contribution in [0.3, 0.4) is 0 Å². The second kappa shape index (κ2) is 14.5. The first-order valence-corrected chi connectivity index (χ1v) is 15.1.